The molecule has 0 spiro atoms. The van der Waals surface area contributed by atoms with Crippen LogP contribution in [-0.2, 0) is 9.53 Å². The zero-order chi connectivity index (χ0) is 14.5. The number of carbonyl (C=O) groups excluding carboxylic acids is 1. The number of esters is 1. The van der Waals surface area contributed by atoms with Crippen molar-refractivity contribution in [2.45, 2.75) is 71.6 Å². The quantitative estimate of drug-likeness (QED) is 0.293. The molecule has 19 heavy (non-hydrogen) atoms. The Balaban J connectivity index is 3.32. The summed E-state index contributed by atoms with van der Waals surface area (Å²) in [6.07, 6.45) is 8.55. The molecular formula is C15H26F2O2. The highest BCUT2D eigenvalue weighted by molar-refractivity contribution is 5.87. The van der Waals surface area contributed by atoms with Gasteiger partial charge >= 0.3 is 5.97 Å². The number of halogens is 2. The standard InChI is InChI=1S/C15H26F2O2/c1-3-4-5-6-7-8-9-10-11-12-19-15(18)13(2)14(16)17/h3-12H2,1-2H3. The van der Waals surface area contributed by atoms with Crippen LogP contribution in [0.3, 0.4) is 0 Å². The first kappa shape index (κ1) is 18.1. The molecule has 0 unspecified atom stereocenters. The van der Waals surface area contributed by atoms with Gasteiger partial charge in [-0.25, -0.2) is 4.79 Å². The van der Waals surface area contributed by atoms with E-state index in [1.807, 2.05) is 0 Å². The molecule has 0 rings (SSSR count). The fourth-order valence-electron chi connectivity index (χ4n) is 1.76. The van der Waals surface area contributed by atoms with Gasteiger partial charge in [0.2, 0.25) is 0 Å². The fraction of sp³-hybridized carbons (Fsp3) is 0.800. The van der Waals surface area contributed by atoms with Crippen molar-refractivity contribution >= 4 is 5.97 Å². The lowest BCUT2D eigenvalue weighted by Crippen LogP contribution is -2.07. The van der Waals surface area contributed by atoms with Crippen LogP contribution in [0.25, 0.3) is 0 Å². The molecule has 0 N–H and O–H groups in total. The second-order valence-electron chi connectivity index (χ2n) is 4.85. The molecule has 0 aliphatic rings. The van der Waals surface area contributed by atoms with Crippen LogP contribution in [0, 0.1) is 0 Å². The van der Waals surface area contributed by atoms with E-state index in [1.165, 1.54) is 38.5 Å². The zero-order valence-corrected chi connectivity index (χ0v) is 12.1. The first-order valence-electron chi connectivity index (χ1n) is 7.28. The molecule has 0 aromatic heterocycles. The lowest BCUT2D eigenvalue weighted by Gasteiger charge is -2.04. The minimum Gasteiger partial charge on any atom is -0.462 e. The molecule has 0 atom stereocenters. The maximum atomic E-state index is 12.1. The van der Waals surface area contributed by atoms with Gasteiger partial charge in [0.25, 0.3) is 6.08 Å². The molecule has 0 radical (unpaired) electrons. The molecule has 0 aliphatic heterocycles. The summed E-state index contributed by atoms with van der Waals surface area (Å²) in [5, 5.41) is 0. The average molecular weight is 276 g/mol. The minimum absolute atomic E-state index is 0.235. The van der Waals surface area contributed by atoms with Crippen molar-refractivity contribution in [3.63, 3.8) is 0 Å². The maximum Gasteiger partial charge on any atom is 0.339 e. The van der Waals surface area contributed by atoms with Crippen molar-refractivity contribution in [1.82, 2.24) is 0 Å². The third-order valence-electron chi connectivity index (χ3n) is 3.07. The second kappa shape index (κ2) is 12.1. The van der Waals surface area contributed by atoms with E-state index in [2.05, 4.69) is 6.92 Å². The molecule has 2 nitrogen and oxygen atoms in total. The van der Waals surface area contributed by atoms with E-state index in [-0.39, 0.29) is 6.61 Å². The van der Waals surface area contributed by atoms with Gasteiger partial charge in [0.1, 0.15) is 0 Å². The molecule has 0 bridgehead atoms. The smallest absolute Gasteiger partial charge is 0.339 e. The van der Waals surface area contributed by atoms with Gasteiger partial charge in [0.15, 0.2) is 0 Å². The van der Waals surface area contributed by atoms with Crippen LogP contribution >= 0.6 is 0 Å². The lowest BCUT2D eigenvalue weighted by molar-refractivity contribution is -0.139. The van der Waals surface area contributed by atoms with Crippen molar-refractivity contribution in [2.24, 2.45) is 0 Å². The van der Waals surface area contributed by atoms with Crippen LogP contribution in [0.2, 0.25) is 0 Å². The summed E-state index contributed by atoms with van der Waals surface area (Å²) < 4.78 is 28.9. The van der Waals surface area contributed by atoms with Gasteiger partial charge in [-0.2, -0.15) is 8.78 Å². The van der Waals surface area contributed by atoms with Crippen LogP contribution in [0.15, 0.2) is 11.7 Å². The molecule has 112 valence electrons. The van der Waals surface area contributed by atoms with Crippen molar-refractivity contribution < 1.29 is 18.3 Å². The molecule has 0 saturated heterocycles. The van der Waals surface area contributed by atoms with E-state index in [9.17, 15) is 13.6 Å². The predicted molar refractivity (Wildman–Crippen MR) is 73.1 cm³/mol. The third kappa shape index (κ3) is 10.7. The van der Waals surface area contributed by atoms with E-state index in [4.69, 9.17) is 4.74 Å². The van der Waals surface area contributed by atoms with Gasteiger partial charge in [-0.15, -0.1) is 0 Å². The molecule has 0 heterocycles. The summed E-state index contributed by atoms with van der Waals surface area (Å²) in [6, 6.07) is 0. The average Bonchev–Trinajstić information content (AvgIpc) is 2.39. The number of ether oxygens (including phenoxy) is 1. The van der Waals surface area contributed by atoms with Crippen LogP contribution < -0.4 is 0 Å². The highest BCUT2D eigenvalue weighted by Crippen LogP contribution is 2.11. The topological polar surface area (TPSA) is 26.3 Å². The van der Waals surface area contributed by atoms with Crippen molar-refractivity contribution in [2.75, 3.05) is 6.61 Å². The molecule has 0 amide bonds. The third-order valence-corrected chi connectivity index (χ3v) is 3.07. The van der Waals surface area contributed by atoms with Gasteiger partial charge in [-0.05, 0) is 13.3 Å². The number of rotatable bonds is 11. The van der Waals surface area contributed by atoms with Crippen LogP contribution in [0.1, 0.15) is 71.6 Å². The molecule has 0 aromatic rings. The molecule has 4 heteroatoms. The van der Waals surface area contributed by atoms with Gasteiger partial charge < -0.3 is 4.74 Å². The van der Waals surface area contributed by atoms with Crippen LogP contribution in [0.4, 0.5) is 8.78 Å². The van der Waals surface area contributed by atoms with Gasteiger partial charge in [-0.1, -0.05) is 58.3 Å². The van der Waals surface area contributed by atoms with Gasteiger partial charge in [0.05, 0.1) is 12.2 Å². The molecule has 0 aliphatic carbocycles. The Bertz CT molecular complexity index is 271. The van der Waals surface area contributed by atoms with Crippen LogP contribution in [0.5, 0.6) is 0 Å². The Morgan fingerprint density at radius 1 is 0.895 bits per heavy atom. The van der Waals surface area contributed by atoms with Crippen LogP contribution in [-0.4, -0.2) is 12.6 Å². The van der Waals surface area contributed by atoms with Crippen molar-refractivity contribution in [1.29, 1.82) is 0 Å². The Morgan fingerprint density at radius 2 is 1.37 bits per heavy atom. The monoisotopic (exact) mass is 276 g/mol. The first-order chi connectivity index (χ1) is 9.09. The fourth-order valence-corrected chi connectivity index (χ4v) is 1.76. The first-order valence-corrected chi connectivity index (χ1v) is 7.28. The van der Waals surface area contributed by atoms with Crippen molar-refractivity contribution in [3.8, 4) is 0 Å². The number of hydrogen-bond acceptors (Lipinski definition) is 2. The molecular weight excluding hydrogens is 250 g/mol. The Labute approximate surface area is 115 Å². The number of carbonyl (C=O) groups is 1. The van der Waals surface area contributed by atoms with Gasteiger partial charge in [-0.3, -0.25) is 0 Å². The Kier molecular flexibility index (Phi) is 11.5. The largest absolute Gasteiger partial charge is 0.462 e. The minimum atomic E-state index is -1.96. The summed E-state index contributed by atoms with van der Waals surface area (Å²) in [5.74, 6) is -0.903. The summed E-state index contributed by atoms with van der Waals surface area (Å²) in [6.45, 7) is 3.51. The van der Waals surface area contributed by atoms with Crippen molar-refractivity contribution in [3.05, 3.63) is 11.7 Å². The number of unbranched alkanes of at least 4 members (excludes halogenated alkanes) is 8. The highest BCUT2D eigenvalue weighted by Gasteiger charge is 2.11. The molecule has 0 saturated carbocycles. The summed E-state index contributed by atoms with van der Waals surface area (Å²) in [5.41, 5.74) is -0.587. The maximum absolute atomic E-state index is 12.1. The second-order valence-corrected chi connectivity index (χ2v) is 4.85. The Hall–Kier alpha value is -0.930. The normalized spacial score (nSPS) is 10.3. The van der Waals surface area contributed by atoms with E-state index >= 15 is 0 Å². The number of hydrogen-bond donors (Lipinski definition) is 0. The lowest BCUT2D eigenvalue weighted by atomic mass is 10.1. The van der Waals surface area contributed by atoms with Gasteiger partial charge in [0, 0.05) is 0 Å². The SMILES string of the molecule is CCCCCCCCCCCOC(=O)C(C)=C(F)F. The van der Waals surface area contributed by atoms with E-state index in [1.54, 1.807) is 0 Å². The highest BCUT2D eigenvalue weighted by atomic mass is 19.3. The predicted octanol–water partition coefficient (Wildman–Crippen LogP) is 5.23. The van der Waals surface area contributed by atoms with E-state index in [0.29, 0.717) is 0 Å². The summed E-state index contributed by atoms with van der Waals surface area (Å²) in [7, 11) is 0. The zero-order valence-electron chi connectivity index (χ0n) is 12.1. The Morgan fingerprint density at radius 3 is 1.84 bits per heavy atom. The van der Waals surface area contributed by atoms with E-state index in [0.717, 1.165) is 26.2 Å². The summed E-state index contributed by atoms with van der Waals surface area (Å²) >= 11 is 0. The molecule has 0 aromatic carbocycles. The summed E-state index contributed by atoms with van der Waals surface area (Å²) in [4.78, 5) is 11.1. The molecule has 0 fully saturated rings. The van der Waals surface area contributed by atoms with E-state index < -0.39 is 17.6 Å².